The Morgan fingerprint density at radius 2 is 1.88 bits per heavy atom. The van der Waals surface area contributed by atoms with E-state index in [1.54, 1.807) is 10.9 Å². The Morgan fingerprint density at radius 1 is 1.15 bits per heavy atom. The number of carbonyl (C=O) groups excluding carboxylic acids is 2. The van der Waals surface area contributed by atoms with Gasteiger partial charge in [-0.25, -0.2) is 0 Å². The molecule has 3 heterocycles. The first-order valence-corrected chi connectivity index (χ1v) is 12.6. The highest BCUT2D eigenvalue weighted by Gasteiger charge is 2.70. The summed E-state index contributed by atoms with van der Waals surface area (Å²) in [5.74, 6) is -0.910. The number of aliphatic hydroxyl groups excluding tert-OH is 1. The van der Waals surface area contributed by atoms with Crippen molar-refractivity contribution >= 4 is 11.8 Å². The first-order valence-electron chi connectivity index (χ1n) is 12.6. The van der Waals surface area contributed by atoms with Crippen LogP contribution in [0.2, 0.25) is 0 Å². The Labute approximate surface area is 223 Å². The van der Waals surface area contributed by atoms with E-state index < -0.39 is 59.3 Å². The summed E-state index contributed by atoms with van der Waals surface area (Å²) < 4.78 is 87.7. The van der Waals surface area contributed by atoms with Crippen LogP contribution in [0.1, 0.15) is 59.7 Å². The molecule has 1 saturated heterocycles. The Bertz CT molecular complexity index is 1340. The van der Waals surface area contributed by atoms with E-state index in [1.807, 2.05) is 0 Å². The van der Waals surface area contributed by atoms with Crippen LogP contribution in [0, 0.1) is 0 Å². The summed E-state index contributed by atoms with van der Waals surface area (Å²) in [6.45, 7) is -0.0351. The fourth-order valence-electron chi connectivity index (χ4n) is 6.31. The van der Waals surface area contributed by atoms with Crippen LogP contribution in [-0.4, -0.2) is 68.8 Å². The van der Waals surface area contributed by atoms with Gasteiger partial charge in [0.2, 0.25) is 0 Å². The van der Waals surface area contributed by atoms with Gasteiger partial charge in [-0.15, -0.1) is 13.2 Å². The van der Waals surface area contributed by atoms with E-state index in [4.69, 9.17) is 4.74 Å². The van der Waals surface area contributed by atoms with Gasteiger partial charge in [-0.2, -0.15) is 18.3 Å². The van der Waals surface area contributed by atoms with Crippen molar-refractivity contribution in [1.82, 2.24) is 20.0 Å². The zero-order valence-electron chi connectivity index (χ0n) is 20.8. The average Bonchev–Trinajstić information content (AvgIpc) is 3.48. The first kappa shape index (κ1) is 26.9. The number of hydrogen-bond acceptors (Lipinski definition) is 6. The van der Waals surface area contributed by atoms with Gasteiger partial charge in [0.05, 0.1) is 35.1 Å². The van der Waals surface area contributed by atoms with Crippen molar-refractivity contribution in [3.05, 3.63) is 47.3 Å². The number of ether oxygens (including phenoxy) is 2. The Hall–Kier alpha value is -3.33. The Balaban J connectivity index is 1.03. The van der Waals surface area contributed by atoms with Crippen molar-refractivity contribution in [1.29, 1.82) is 0 Å². The lowest BCUT2D eigenvalue weighted by Gasteiger charge is -2.70. The number of nitrogens with zero attached hydrogens (tertiary/aromatic N) is 3. The molecule has 2 unspecified atom stereocenters. The van der Waals surface area contributed by atoms with Gasteiger partial charge in [-0.1, -0.05) is 0 Å². The molecule has 216 valence electrons. The van der Waals surface area contributed by atoms with Gasteiger partial charge in [-0.3, -0.25) is 19.0 Å². The number of rotatable bonds is 5. The molecule has 3 atom stereocenters. The van der Waals surface area contributed by atoms with Crippen LogP contribution in [0.15, 0.2) is 30.6 Å². The van der Waals surface area contributed by atoms with E-state index in [-0.39, 0.29) is 42.8 Å². The molecule has 0 radical (unpaired) electrons. The van der Waals surface area contributed by atoms with E-state index in [1.165, 1.54) is 11.1 Å². The van der Waals surface area contributed by atoms with Crippen LogP contribution in [0.4, 0.5) is 26.3 Å². The second-order valence-electron chi connectivity index (χ2n) is 11.0. The SMILES string of the molecule is O=C(NC12CC(n3cc(C(=O)N4CC[C@H](OC(F)(F)F)C4)cn3)(C1)C2)C1CC(O)c2cc(C(F)(F)F)ccc2O1. The second-order valence-corrected chi connectivity index (χ2v) is 11.0. The van der Waals surface area contributed by atoms with Crippen molar-refractivity contribution in [3.63, 3.8) is 0 Å². The van der Waals surface area contributed by atoms with Crippen LogP contribution < -0.4 is 10.1 Å². The fraction of sp³-hybridized carbons (Fsp3) is 0.560. The van der Waals surface area contributed by atoms with Gasteiger partial charge >= 0.3 is 12.5 Å². The highest BCUT2D eigenvalue weighted by molar-refractivity contribution is 5.94. The molecule has 2 amide bonds. The van der Waals surface area contributed by atoms with Crippen molar-refractivity contribution in [2.45, 2.75) is 74.0 Å². The van der Waals surface area contributed by atoms with Crippen molar-refractivity contribution in [3.8, 4) is 5.75 Å². The molecule has 40 heavy (non-hydrogen) atoms. The minimum absolute atomic E-state index is 0.0176. The molecule has 5 aliphatic rings. The third-order valence-electron chi connectivity index (χ3n) is 8.13. The number of likely N-dealkylation sites (tertiary alicyclic amines) is 1. The van der Waals surface area contributed by atoms with Crippen molar-refractivity contribution in [2.75, 3.05) is 13.1 Å². The summed E-state index contributed by atoms with van der Waals surface area (Å²) in [6.07, 6.45) is -8.47. The quantitative estimate of drug-likeness (QED) is 0.532. The van der Waals surface area contributed by atoms with Gasteiger partial charge in [0.15, 0.2) is 6.10 Å². The molecule has 2 bridgehead atoms. The Morgan fingerprint density at radius 3 is 2.55 bits per heavy atom. The summed E-state index contributed by atoms with van der Waals surface area (Å²) in [5.41, 5.74) is -1.64. The maximum Gasteiger partial charge on any atom is 0.522 e. The summed E-state index contributed by atoms with van der Waals surface area (Å²) in [5, 5.41) is 17.6. The summed E-state index contributed by atoms with van der Waals surface area (Å²) >= 11 is 0. The van der Waals surface area contributed by atoms with E-state index >= 15 is 0 Å². The molecule has 15 heteroatoms. The maximum atomic E-state index is 13.0. The molecule has 1 aromatic carbocycles. The third-order valence-corrected chi connectivity index (χ3v) is 8.13. The second kappa shape index (κ2) is 8.83. The predicted molar refractivity (Wildman–Crippen MR) is 122 cm³/mol. The first-order chi connectivity index (χ1) is 18.7. The number of nitrogens with one attached hydrogen (secondary N) is 1. The van der Waals surface area contributed by atoms with E-state index in [9.17, 15) is 41.0 Å². The number of amides is 2. The maximum absolute atomic E-state index is 13.0. The molecular formula is C25H24F6N4O5. The normalized spacial score (nSPS) is 31.1. The number of aliphatic hydroxyl groups is 1. The van der Waals surface area contributed by atoms with Crippen molar-refractivity contribution in [2.24, 2.45) is 0 Å². The molecule has 3 aliphatic carbocycles. The van der Waals surface area contributed by atoms with E-state index in [0.29, 0.717) is 19.3 Å². The topological polar surface area (TPSA) is 106 Å². The molecule has 2 N–H and O–H groups in total. The molecule has 2 aliphatic heterocycles. The summed E-state index contributed by atoms with van der Waals surface area (Å²) in [6, 6.07) is 2.75. The van der Waals surface area contributed by atoms with Gasteiger partial charge in [0.1, 0.15) is 5.75 Å². The molecule has 9 nitrogen and oxygen atoms in total. The number of halogens is 6. The van der Waals surface area contributed by atoms with Gasteiger partial charge in [0, 0.05) is 36.8 Å². The standard InChI is InChI=1S/C25H24F6N4O5/c26-24(27,28)14-1-2-18-16(5-14)17(36)6-19(39-18)20(37)33-22-10-23(11-22,12-22)35-8-13(7-32-35)21(38)34-4-3-15(9-34)40-25(29,30)31/h1-2,5,7-8,15,17,19,36H,3-4,6,9-12H2,(H,33,37)/t15-,17?,19?,22?,23?/m0/s1. The van der Waals surface area contributed by atoms with Crippen LogP contribution in [0.25, 0.3) is 0 Å². The molecule has 3 saturated carbocycles. The number of hydrogen-bond donors (Lipinski definition) is 2. The minimum Gasteiger partial charge on any atom is -0.480 e. The van der Waals surface area contributed by atoms with E-state index in [0.717, 1.165) is 18.2 Å². The molecule has 4 fully saturated rings. The molecule has 7 rings (SSSR count). The van der Waals surface area contributed by atoms with E-state index in [2.05, 4.69) is 15.2 Å². The largest absolute Gasteiger partial charge is 0.522 e. The predicted octanol–water partition coefficient (Wildman–Crippen LogP) is 3.29. The third kappa shape index (κ3) is 4.68. The highest BCUT2D eigenvalue weighted by Crippen LogP contribution is 2.65. The van der Waals surface area contributed by atoms with Crippen LogP contribution in [-0.2, 0) is 21.2 Å². The monoisotopic (exact) mass is 574 g/mol. The van der Waals surface area contributed by atoms with Gasteiger partial charge in [0.25, 0.3) is 11.8 Å². The lowest BCUT2D eigenvalue weighted by molar-refractivity contribution is -0.340. The molecular weight excluding hydrogens is 550 g/mol. The highest BCUT2D eigenvalue weighted by atomic mass is 19.4. The van der Waals surface area contributed by atoms with Crippen LogP contribution >= 0.6 is 0 Å². The lowest BCUT2D eigenvalue weighted by Crippen LogP contribution is -2.79. The van der Waals surface area contributed by atoms with Gasteiger partial charge in [-0.05, 0) is 43.9 Å². The average molecular weight is 574 g/mol. The summed E-state index contributed by atoms with van der Waals surface area (Å²) in [4.78, 5) is 27.0. The Kier molecular flexibility index (Phi) is 5.93. The minimum atomic E-state index is -4.77. The molecule has 2 aromatic rings. The smallest absolute Gasteiger partial charge is 0.480 e. The summed E-state index contributed by atoms with van der Waals surface area (Å²) in [7, 11) is 0. The number of fused-ring (bicyclic) bond motifs is 1. The van der Waals surface area contributed by atoms with Crippen molar-refractivity contribution < 1.29 is 50.5 Å². The number of carbonyl (C=O) groups is 2. The molecule has 0 spiro atoms. The zero-order chi connectivity index (χ0) is 28.7. The zero-order valence-corrected chi connectivity index (χ0v) is 20.8. The van der Waals surface area contributed by atoms with Crippen LogP contribution in [0.3, 0.4) is 0 Å². The fourth-order valence-corrected chi connectivity index (χ4v) is 6.31. The number of alkyl halides is 6. The van der Waals surface area contributed by atoms with Crippen LogP contribution in [0.5, 0.6) is 5.75 Å². The number of aromatic nitrogens is 2. The molecule has 1 aromatic heterocycles. The lowest BCUT2D eigenvalue weighted by atomic mass is 9.44. The van der Waals surface area contributed by atoms with Gasteiger partial charge < -0.3 is 20.1 Å². The number of benzene rings is 1.